The van der Waals surface area contributed by atoms with Gasteiger partial charge in [-0.25, -0.2) is 14.9 Å². The first kappa shape index (κ1) is 17.4. The van der Waals surface area contributed by atoms with Gasteiger partial charge in [0.25, 0.3) is 0 Å². The summed E-state index contributed by atoms with van der Waals surface area (Å²) in [6.07, 6.45) is 0. The minimum absolute atomic E-state index is 0.0818. The Morgan fingerprint density at radius 3 is 2.59 bits per heavy atom. The summed E-state index contributed by atoms with van der Waals surface area (Å²) < 4.78 is 6.26. The summed E-state index contributed by atoms with van der Waals surface area (Å²) in [6.45, 7) is 6.11. The van der Waals surface area contributed by atoms with Crippen molar-refractivity contribution in [1.82, 2.24) is 5.06 Å². The topological polar surface area (TPSA) is 83.9 Å². The van der Waals surface area contributed by atoms with E-state index < -0.39 is 11.3 Å². The minimum atomic E-state index is -0.946. The third kappa shape index (κ3) is 2.54. The van der Waals surface area contributed by atoms with Crippen LogP contribution in [0.1, 0.15) is 31.9 Å². The Labute approximate surface area is 158 Å². The Balaban J connectivity index is 1.91. The first-order valence-electron chi connectivity index (χ1n) is 8.89. The molecule has 2 aliphatic heterocycles. The number of hydrogen-bond donors (Lipinski definition) is 1. The van der Waals surface area contributed by atoms with Gasteiger partial charge in [0.2, 0.25) is 11.7 Å². The average molecular weight is 362 g/mol. The van der Waals surface area contributed by atoms with E-state index in [1.807, 2.05) is 50.2 Å². The van der Waals surface area contributed by atoms with Gasteiger partial charge in [-0.2, -0.15) is 5.26 Å². The molecule has 0 aromatic heterocycles. The number of aliphatic imine (C=N–C) groups is 1. The molecule has 2 aromatic carbocycles. The van der Waals surface area contributed by atoms with Gasteiger partial charge in [0, 0.05) is 7.05 Å². The van der Waals surface area contributed by atoms with E-state index in [2.05, 4.69) is 13.0 Å². The molecule has 6 nitrogen and oxygen atoms in total. The largest absolute Gasteiger partial charge is 0.487 e. The van der Waals surface area contributed by atoms with Gasteiger partial charge in [0.1, 0.15) is 11.4 Å². The van der Waals surface area contributed by atoms with Crippen molar-refractivity contribution >= 4 is 5.96 Å². The zero-order valence-corrected chi connectivity index (χ0v) is 15.9. The number of nitrogens with two attached hydrogens (primary N) is 1. The molecule has 0 saturated carbocycles. The number of nitrogens with zero attached hydrogens (tertiary/aromatic N) is 3. The van der Waals surface area contributed by atoms with Gasteiger partial charge in [-0.15, -0.1) is 0 Å². The van der Waals surface area contributed by atoms with Gasteiger partial charge in [-0.1, -0.05) is 25.1 Å². The molecule has 2 unspecified atom stereocenters. The van der Waals surface area contributed by atoms with Crippen LogP contribution in [0, 0.1) is 17.2 Å². The van der Waals surface area contributed by atoms with Gasteiger partial charge < -0.3 is 10.5 Å². The molecule has 0 aliphatic carbocycles. The third-order valence-corrected chi connectivity index (χ3v) is 5.57. The van der Waals surface area contributed by atoms with Crippen LogP contribution < -0.4 is 10.5 Å². The average Bonchev–Trinajstić information content (AvgIpc) is 2.95. The monoisotopic (exact) mass is 362 g/mol. The highest BCUT2D eigenvalue weighted by molar-refractivity contribution is 5.79. The lowest BCUT2D eigenvalue weighted by Crippen LogP contribution is -2.52. The smallest absolute Gasteiger partial charge is 0.224 e. The highest BCUT2D eigenvalue weighted by Gasteiger charge is 2.57. The number of nitriles is 1. The van der Waals surface area contributed by atoms with Gasteiger partial charge in [0.15, 0.2) is 0 Å². The second kappa shape index (κ2) is 5.73. The third-order valence-electron chi connectivity index (χ3n) is 5.57. The second-order valence-corrected chi connectivity index (χ2v) is 7.59. The van der Waals surface area contributed by atoms with Crippen molar-refractivity contribution < 1.29 is 9.57 Å². The number of fused-ring (bicyclic) bond motifs is 2. The maximum atomic E-state index is 9.19. The van der Waals surface area contributed by atoms with Crippen LogP contribution in [0.3, 0.4) is 0 Å². The van der Waals surface area contributed by atoms with Crippen molar-refractivity contribution in [1.29, 1.82) is 5.26 Å². The molecule has 0 fully saturated rings. The minimum Gasteiger partial charge on any atom is -0.487 e. The van der Waals surface area contributed by atoms with E-state index in [1.165, 1.54) is 5.06 Å². The summed E-state index contributed by atoms with van der Waals surface area (Å²) in [5.74, 6) is 0.981. The van der Waals surface area contributed by atoms with E-state index in [0.29, 0.717) is 11.5 Å². The summed E-state index contributed by atoms with van der Waals surface area (Å²) in [7, 11) is 1.75. The van der Waals surface area contributed by atoms with Crippen molar-refractivity contribution in [2.24, 2.45) is 16.6 Å². The van der Waals surface area contributed by atoms with E-state index in [0.717, 1.165) is 22.4 Å². The molecule has 6 heteroatoms. The molecule has 2 heterocycles. The first-order valence-corrected chi connectivity index (χ1v) is 8.89. The molecular formula is C21H22N4O2. The maximum Gasteiger partial charge on any atom is 0.224 e. The number of guanidine groups is 1. The van der Waals surface area contributed by atoms with E-state index in [-0.39, 0.29) is 5.92 Å². The fraction of sp³-hybridized carbons (Fsp3) is 0.333. The predicted molar refractivity (Wildman–Crippen MR) is 103 cm³/mol. The van der Waals surface area contributed by atoms with E-state index in [1.54, 1.807) is 13.1 Å². The fourth-order valence-corrected chi connectivity index (χ4v) is 3.72. The van der Waals surface area contributed by atoms with Gasteiger partial charge in [-0.05, 0) is 49.2 Å². The van der Waals surface area contributed by atoms with Crippen molar-refractivity contribution in [3.05, 3.63) is 53.6 Å². The van der Waals surface area contributed by atoms with Crippen LogP contribution in [0.25, 0.3) is 11.1 Å². The van der Waals surface area contributed by atoms with E-state index >= 15 is 0 Å². The van der Waals surface area contributed by atoms with Gasteiger partial charge in [0.05, 0.1) is 23.1 Å². The molecule has 0 radical (unpaired) electrons. The molecule has 138 valence electrons. The molecule has 2 aliphatic rings. The molecule has 2 N–H and O–H groups in total. The fourth-order valence-electron chi connectivity index (χ4n) is 3.72. The summed E-state index contributed by atoms with van der Waals surface area (Å²) in [4.78, 5) is 10.9. The maximum absolute atomic E-state index is 9.19. The van der Waals surface area contributed by atoms with Crippen LogP contribution in [-0.4, -0.2) is 23.7 Å². The van der Waals surface area contributed by atoms with Crippen LogP contribution in [0.5, 0.6) is 5.75 Å². The van der Waals surface area contributed by atoms with Crippen molar-refractivity contribution in [2.45, 2.75) is 32.1 Å². The van der Waals surface area contributed by atoms with Crippen molar-refractivity contribution in [3.8, 4) is 22.9 Å². The van der Waals surface area contributed by atoms with E-state index in [4.69, 9.17) is 20.3 Å². The van der Waals surface area contributed by atoms with Crippen LogP contribution >= 0.6 is 0 Å². The van der Waals surface area contributed by atoms with Crippen LogP contribution in [0.15, 0.2) is 47.5 Å². The highest BCUT2D eigenvalue weighted by atomic mass is 16.7. The summed E-state index contributed by atoms with van der Waals surface area (Å²) in [6, 6.07) is 15.6. The molecular weight excluding hydrogens is 340 g/mol. The Kier molecular flexibility index (Phi) is 3.69. The number of rotatable bonds is 1. The first-order chi connectivity index (χ1) is 12.8. The summed E-state index contributed by atoms with van der Waals surface area (Å²) in [5.41, 5.74) is 7.99. The second-order valence-electron chi connectivity index (χ2n) is 7.59. The molecule has 2 atom stereocenters. The summed E-state index contributed by atoms with van der Waals surface area (Å²) in [5, 5.41) is 10.7. The van der Waals surface area contributed by atoms with Crippen LogP contribution in [0.2, 0.25) is 0 Å². The van der Waals surface area contributed by atoms with Crippen molar-refractivity contribution in [3.63, 3.8) is 0 Å². The number of benzene rings is 2. The SMILES string of the molecule is CC1C(C)(C)Oc2ccc(-c3cccc(C#N)c3)cc2C12N=C(N)N(C)O2. The number of hydrogen-bond acceptors (Lipinski definition) is 6. The normalized spacial score (nSPS) is 25.5. The van der Waals surface area contributed by atoms with Gasteiger partial charge in [-0.3, -0.25) is 0 Å². The Morgan fingerprint density at radius 2 is 1.93 bits per heavy atom. The van der Waals surface area contributed by atoms with Crippen molar-refractivity contribution in [2.75, 3.05) is 7.05 Å². The molecule has 0 amide bonds. The quantitative estimate of drug-likeness (QED) is 0.841. The number of hydroxylamine groups is 2. The predicted octanol–water partition coefficient (Wildman–Crippen LogP) is 3.38. The molecule has 2 aromatic rings. The van der Waals surface area contributed by atoms with Crippen LogP contribution in [-0.2, 0) is 10.6 Å². The van der Waals surface area contributed by atoms with E-state index in [9.17, 15) is 5.26 Å². The lowest BCUT2D eigenvalue weighted by Gasteiger charge is -2.46. The lowest BCUT2D eigenvalue weighted by atomic mass is 9.76. The van der Waals surface area contributed by atoms with Gasteiger partial charge >= 0.3 is 0 Å². The Hall–Kier alpha value is -3.04. The molecule has 1 spiro atoms. The zero-order chi connectivity index (χ0) is 19.4. The number of ether oxygens (including phenoxy) is 1. The highest BCUT2D eigenvalue weighted by Crippen LogP contribution is 2.53. The zero-order valence-electron chi connectivity index (χ0n) is 15.9. The standard InChI is InChI=1S/C21H22N4O2/c1-13-20(2,3)26-18-9-8-16(15-7-5-6-14(10-15)12-22)11-17(18)21(13)24-19(23)25(4)27-21/h5-11,13H,1-4H3,(H2,23,24). The lowest BCUT2D eigenvalue weighted by molar-refractivity contribution is -0.228. The Bertz CT molecular complexity index is 992. The Morgan fingerprint density at radius 1 is 1.19 bits per heavy atom. The van der Waals surface area contributed by atoms with Crippen LogP contribution in [0.4, 0.5) is 0 Å². The summed E-state index contributed by atoms with van der Waals surface area (Å²) >= 11 is 0. The molecule has 27 heavy (non-hydrogen) atoms. The molecule has 0 bridgehead atoms. The molecule has 4 rings (SSSR count). The molecule has 0 saturated heterocycles.